The van der Waals surface area contributed by atoms with Crippen LogP contribution in [0.5, 0.6) is 5.75 Å². The van der Waals surface area contributed by atoms with E-state index in [0.717, 1.165) is 6.42 Å². The first-order chi connectivity index (χ1) is 8.56. The molecule has 0 saturated carbocycles. The second-order valence-electron chi connectivity index (χ2n) is 3.75. The second kappa shape index (κ2) is 7.36. The zero-order valence-corrected chi connectivity index (χ0v) is 12.0. The third-order valence-corrected chi connectivity index (χ3v) is 2.67. The van der Waals surface area contributed by atoms with E-state index in [4.69, 9.17) is 9.47 Å². The molecule has 100 valence electrons. The maximum absolute atomic E-state index is 13.2. The standard InChI is InChI=1S/C13H16BrFO3/c1-3-5-12(13(16)17-4-2)18-11-7-9(14)6-10(15)8-11/h6-8,12H,3-5H2,1-2H3. The molecule has 0 aromatic heterocycles. The quantitative estimate of drug-likeness (QED) is 0.750. The van der Waals surface area contributed by atoms with Gasteiger partial charge < -0.3 is 9.47 Å². The summed E-state index contributed by atoms with van der Waals surface area (Å²) in [4.78, 5) is 11.7. The van der Waals surface area contributed by atoms with E-state index in [2.05, 4.69) is 15.9 Å². The lowest BCUT2D eigenvalue weighted by Crippen LogP contribution is -2.29. The monoisotopic (exact) mass is 318 g/mol. The topological polar surface area (TPSA) is 35.5 Å². The van der Waals surface area contributed by atoms with E-state index in [1.165, 1.54) is 12.1 Å². The number of benzene rings is 1. The van der Waals surface area contributed by atoms with Crippen molar-refractivity contribution in [3.8, 4) is 5.75 Å². The van der Waals surface area contributed by atoms with Gasteiger partial charge in [0.2, 0.25) is 0 Å². The Hall–Kier alpha value is -1.10. The summed E-state index contributed by atoms with van der Waals surface area (Å²) in [5.41, 5.74) is 0. The molecule has 0 amide bonds. The summed E-state index contributed by atoms with van der Waals surface area (Å²) in [6.45, 7) is 3.98. The molecule has 1 aromatic carbocycles. The Kier molecular flexibility index (Phi) is 6.12. The third kappa shape index (κ3) is 4.64. The normalized spacial score (nSPS) is 12.0. The van der Waals surface area contributed by atoms with Crippen molar-refractivity contribution < 1.29 is 18.7 Å². The second-order valence-corrected chi connectivity index (χ2v) is 4.67. The molecule has 0 aliphatic carbocycles. The Labute approximate surface area is 114 Å². The lowest BCUT2D eigenvalue weighted by molar-refractivity contribution is -0.151. The van der Waals surface area contributed by atoms with Crippen molar-refractivity contribution in [1.82, 2.24) is 0 Å². The highest BCUT2D eigenvalue weighted by molar-refractivity contribution is 9.10. The van der Waals surface area contributed by atoms with Gasteiger partial charge in [0.25, 0.3) is 0 Å². The van der Waals surface area contributed by atoms with E-state index in [-0.39, 0.29) is 0 Å². The van der Waals surface area contributed by atoms with Crippen LogP contribution in [0.1, 0.15) is 26.7 Å². The first-order valence-electron chi connectivity index (χ1n) is 5.86. The molecule has 1 aromatic rings. The van der Waals surface area contributed by atoms with Gasteiger partial charge in [0.1, 0.15) is 11.6 Å². The summed E-state index contributed by atoms with van der Waals surface area (Å²) in [6, 6.07) is 4.18. The lowest BCUT2D eigenvalue weighted by atomic mass is 10.2. The predicted molar refractivity (Wildman–Crippen MR) is 70.1 cm³/mol. The first-order valence-corrected chi connectivity index (χ1v) is 6.65. The molecule has 1 unspecified atom stereocenters. The van der Waals surface area contributed by atoms with E-state index in [0.29, 0.717) is 23.2 Å². The van der Waals surface area contributed by atoms with E-state index >= 15 is 0 Å². The minimum Gasteiger partial charge on any atom is -0.479 e. The minimum absolute atomic E-state index is 0.301. The van der Waals surface area contributed by atoms with Crippen molar-refractivity contribution in [2.24, 2.45) is 0 Å². The van der Waals surface area contributed by atoms with Crippen molar-refractivity contribution in [2.75, 3.05) is 6.61 Å². The molecule has 0 N–H and O–H groups in total. The largest absolute Gasteiger partial charge is 0.479 e. The SMILES string of the molecule is CCCC(Oc1cc(F)cc(Br)c1)C(=O)OCC. The summed E-state index contributed by atoms with van der Waals surface area (Å²) in [5, 5.41) is 0. The highest BCUT2D eigenvalue weighted by Gasteiger charge is 2.21. The lowest BCUT2D eigenvalue weighted by Gasteiger charge is -2.17. The van der Waals surface area contributed by atoms with Crippen LogP contribution in [0.2, 0.25) is 0 Å². The van der Waals surface area contributed by atoms with E-state index in [9.17, 15) is 9.18 Å². The zero-order chi connectivity index (χ0) is 13.5. The Morgan fingerprint density at radius 3 is 2.67 bits per heavy atom. The Bertz CT molecular complexity index is 389. The number of halogens is 2. The van der Waals surface area contributed by atoms with E-state index in [1.54, 1.807) is 13.0 Å². The molecule has 1 rings (SSSR count). The van der Waals surface area contributed by atoms with Gasteiger partial charge in [0.15, 0.2) is 6.10 Å². The third-order valence-electron chi connectivity index (χ3n) is 2.21. The van der Waals surface area contributed by atoms with Crippen LogP contribution in [0.4, 0.5) is 4.39 Å². The average molecular weight is 319 g/mol. The van der Waals surface area contributed by atoms with Gasteiger partial charge in [-0.25, -0.2) is 9.18 Å². The van der Waals surface area contributed by atoms with Crippen LogP contribution >= 0.6 is 15.9 Å². The van der Waals surface area contributed by atoms with Crippen LogP contribution in [-0.2, 0) is 9.53 Å². The highest BCUT2D eigenvalue weighted by atomic mass is 79.9. The molecular formula is C13H16BrFO3. The molecule has 0 spiro atoms. The molecule has 0 heterocycles. The van der Waals surface area contributed by atoms with Gasteiger partial charge in [-0.15, -0.1) is 0 Å². The Morgan fingerprint density at radius 1 is 1.39 bits per heavy atom. The smallest absolute Gasteiger partial charge is 0.347 e. The number of esters is 1. The summed E-state index contributed by atoms with van der Waals surface area (Å²) < 4.78 is 24.2. The number of hydrogen-bond acceptors (Lipinski definition) is 3. The number of carbonyl (C=O) groups excluding carboxylic acids is 1. The number of rotatable bonds is 6. The molecule has 0 aliphatic heterocycles. The summed E-state index contributed by atoms with van der Waals surface area (Å²) in [6.07, 6.45) is 0.621. The van der Waals surface area contributed by atoms with Crippen LogP contribution in [-0.4, -0.2) is 18.7 Å². The van der Waals surface area contributed by atoms with Crippen molar-refractivity contribution in [2.45, 2.75) is 32.8 Å². The molecule has 18 heavy (non-hydrogen) atoms. The molecule has 0 bridgehead atoms. The van der Waals surface area contributed by atoms with Crippen molar-refractivity contribution in [3.63, 3.8) is 0 Å². The summed E-state index contributed by atoms with van der Waals surface area (Å²) in [5.74, 6) is -0.522. The fourth-order valence-corrected chi connectivity index (χ4v) is 1.93. The van der Waals surface area contributed by atoms with Gasteiger partial charge in [-0.2, -0.15) is 0 Å². The van der Waals surface area contributed by atoms with Gasteiger partial charge in [0.05, 0.1) is 6.61 Å². The Balaban J connectivity index is 2.78. The van der Waals surface area contributed by atoms with Gasteiger partial charge in [-0.3, -0.25) is 0 Å². The van der Waals surface area contributed by atoms with E-state index in [1.807, 2.05) is 6.92 Å². The highest BCUT2D eigenvalue weighted by Crippen LogP contribution is 2.22. The van der Waals surface area contributed by atoms with Crippen LogP contribution in [0.3, 0.4) is 0 Å². The molecule has 0 fully saturated rings. The van der Waals surface area contributed by atoms with E-state index < -0.39 is 17.9 Å². The number of carbonyl (C=O) groups is 1. The van der Waals surface area contributed by atoms with Crippen LogP contribution < -0.4 is 4.74 Å². The molecular weight excluding hydrogens is 303 g/mol. The molecule has 0 aliphatic rings. The van der Waals surface area contributed by atoms with Crippen LogP contribution in [0, 0.1) is 5.82 Å². The van der Waals surface area contributed by atoms with Crippen molar-refractivity contribution in [1.29, 1.82) is 0 Å². The summed E-state index contributed by atoms with van der Waals surface area (Å²) >= 11 is 3.17. The van der Waals surface area contributed by atoms with Gasteiger partial charge in [-0.05, 0) is 25.5 Å². The molecule has 1 atom stereocenters. The molecule has 0 radical (unpaired) electrons. The Morgan fingerprint density at radius 2 is 2.11 bits per heavy atom. The summed E-state index contributed by atoms with van der Waals surface area (Å²) in [7, 11) is 0. The maximum Gasteiger partial charge on any atom is 0.347 e. The van der Waals surface area contributed by atoms with Crippen molar-refractivity contribution in [3.05, 3.63) is 28.5 Å². The van der Waals surface area contributed by atoms with Crippen LogP contribution in [0.15, 0.2) is 22.7 Å². The van der Waals surface area contributed by atoms with Gasteiger partial charge >= 0.3 is 5.97 Å². The molecule has 3 nitrogen and oxygen atoms in total. The van der Waals surface area contributed by atoms with Gasteiger partial charge in [0, 0.05) is 10.5 Å². The van der Waals surface area contributed by atoms with Crippen LogP contribution in [0.25, 0.3) is 0 Å². The maximum atomic E-state index is 13.2. The average Bonchev–Trinajstić information content (AvgIpc) is 2.27. The minimum atomic E-state index is -0.691. The molecule has 0 saturated heterocycles. The first kappa shape index (κ1) is 15.0. The van der Waals surface area contributed by atoms with Gasteiger partial charge in [-0.1, -0.05) is 29.3 Å². The fraction of sp³-hybridized carbons (Fsp3) is 0.462. The predicted octanol–water partition coefficient (Wildman–Crippen LogP) is 3.70. The number of ether oxygens (including phenoxy) is 2. The zero-order valence-electron chi connectivity index (χ0n) is 10.4. The molecule has 5 heteroatoms. The number of hydrogen-bond donors (Lipinski definition) is 0. The fourth-order valence-electron chi connectivity index (χ4n) is 1.48. The van der Waals surface area contributed by atoms with Crippen molar-refractivity contribution >= 4 is 21.9 Å².